The summed E-state index contributed by atoms with van der Waals surface area (Å²) in [5.74, 6) is 0.960. The average molecular weight is 387 g/mol. The van der Waals surface area contributed by atoms with Gasteiger partial charge in [-0.2, -0.15) is 0 Å². The number of fused-ring (bicyclic) bond motifs is 1. The van der Waals surface area contributed by atoms with Gasteiger partial charge in [-0.05, 0) is 56.1 Å². The number of carbonyl (C=O) groups excluding carboxylic acids is 1. The number of nitrogens with zero attached hydrogens (tertiary/aromatic N) is 2. The number of likely N-dealkylation sites (tertiary alicyclic amines) is 1. The first-order valence-corrected chi connectivity index (χ1v) is 9.52. The van der Waals surface area contributed by atoms with E-state index in [-0.39, 0.29) is 18.3 Å². The Morgan fingerprint density at radius 3 is 2.85 bits per heavy atom. The first-order chi connectivity index (χ1) is 12.7. The lowest BCUT2D eigenvalue weighted by Crippen LogP contribution is -2.32. The predicted octanol–water partition coefficient (Wildman–Crippen LogP) is 4.04. The summed E-state index contributed by atoms with van der Waals surface area (Å²) in [7, 11) is 1.86. The van der Waals surface area contributed by atoms with E-state index in [1.54, 1.807) is 4.90 Å². The Kier molecular flexibility index (Phi) is 6.40. The van der Waals surface area contributed by atoms with Gasteiger partial charge in [0.25, 0.3) is 0 Å². The van der Waals surface area contributed by atoms with Crippen LogP contribution in [0.3, 0.4) is 0 Å². The molecule has 3 aliphatic rings. The second-order valence-corrected chi connectivity index (χ2v) is 7.22. The van der Waals surface area contributed by atoms with Crippen molar-refractivity contribution in [2.24, 2.45) is 0 Å². The van der Waals surface area contributed by atoms with Crippen molar-refractivity contribution < 1.29 is 9.53 Å². The first kappa shape index (κ1) is 19.7. The summed E-state index contributed by atoms with van der Waals surface area (Å²) in [5, 5.41) is 0. The third kappa shape index (κ3) is 4.28. The van der Waals surface area contributed by atoms with E-state index < -0.39 is 0 Å². The van der Waals surface area contributed by atoms with Crippen molar-refractivity contribution in [3.63, 3.8) is 0 Å². The molecule has 0 N–H and O–H groups in total. The SMILES string of the molecule is CN(C(=O)CC1=CC(N2CCCC2)CC=C1)C1=CCOc2ccccc21.Cl. The molecule has 1 atom stereocenters. The van der Waals surface area contributed by atoms with Crippen LogP contribution in [0.25, 0.3) is 5.70 Å². The Morgan fingerprint density at radius 2 is 2.04 bits per heavy atom. The fraction of sp³-hybridized carbons (Fsp3) is 0.409. The van der Waals surface area contributed by atoms with Crippen molar-refractivity contribution in [3.8, 4) is 5.75 Å². The minimum absolute atomic E-state index is 0. The Bertz CT molecular complexity index is 778. The lowest BCUT2D eigenvalue weighted by Gasteiger charge is -2.28. The Hall–Kier alpha value is -2.04. The van der Waals surface area contributed by atoms with Gasteiger partial charge < -0.3 is 9.64 Å². The summed E-state index contributed by atoms with van der Waals surface area (Å²) >= 11 is 0. The quantitative estimate of drug-likeness (QED) is 0.782. The fourth-order valence-electron chi connectivity index (χ4n) is 4.04. The summed E-state index contributed by atoms with van der Waals surface area (Å²) in [6, 6.07) is 8.35. The molecule has 1 amide bonds. The minimum atomic E-state index is 0. The van der Waals surface area contributed by atoms with Crippen LogP contribution in [0, 0.1) is 0 Å². The van der Waals surface area contributed by atoms with Gasteiger partial charge in [-0.15, -0.1) is 12.4 Å². The molecular weight excluding hydrogens is 360 g/mol. The number of hydrogen-bond donors (Lipinski definition) is 0. The molecule has 5 heteroatoms. The molecule has 0 bridgehead atoms. The zero-order valence-electron chi connectivity index (χ0n) is 15.8. The highest BCUT2D eigenvalue weighted by Crippen LogP contribution is 2.32. The molecule has 2 aliphatic heterocycles. The van der Waals surface area contributed by atoms with Crippen LogP contribution in [-0.2, 0) is 4.79 Å². The maximum atomic E-state index is 12.9. The molecule has 27 heavy (non-hydrogen) atoms. The molecule has 4 nitrogen and oxygen atoms in total. The van der Waals surface area contributed by atoms with E-state index in [2.05, 4.69) is 23.1 Å². The average Bonchev–Trinajstić information content (AvgIpc) is 3.22. The van der Waals surface area contributed by atoms with Crippen molar-refractivity contribution in [1.29, 1.82) is 0 Å². The van der Waals surface area contributed by atoms with Gasteiger partial charge in [0.15, 0.2) is 0 Å². The highest BCUT2D eigenvalue weighted by molar-refractivity contribution is 5.89. The first-order valence-electron chi connectivity index (χ1n) is 9.52. The summed E-state index contributed by atoms with van der Waals surface area (Å²) in [4.78, 5) is 17.2. The van der Waals surface area contributed by atoms with Gasteiger partial charge in [0, 0.05) is 18.7 Å². The van der Waals surface area contributed by atoms with Crippen LogP contribution < -0.4 is 4.74 Å². The normalized spacial score (nSPS) is 21.4. The van der Waals surface area contributed by atoms with E-state index in [0.717, 1.165) is 29.0 Å². The lowest BCUT2D eigenvalue weighted by molar-refractivity contribution is -0.126. The van der Waals surface area contributed by atoms with Crippen molar-refractivity contribution in [3.05, 3.63) is 59.7 Å². The molecule has 0 radical (unpaired) electrons. The molecule has 0 saturated carbocycles. The largest absolute Gasteiger partial charge is 0.489 e. The van der Waals surface area contributed by atoms with Gasteiger partial charge in [-0.25, -0.2) is 0 Å². The summed E-state index contributed by atoms with van der Waals surface area (Å²) < 4.78 is 5.66. The van der Waals surface area contributed by atoms with Gasteiger partial charge in [-0.3, -0.25) is 9.69 Å². The molecule has 2 heterocycles. The maximum absolute atomic E-state index is 12.9. The second kappa shape index (κ2) is 8.77. The van der Waals surface area contributed by atoms with Crippen LogP contribution in [0.2, 0.25) is 0 Å². The van der Waals surface area contributed by atoms with Gasteiger partial charge >= 0.3 is 0 Å². The van der Waals surface area contributed by atoms with Crippen LogP contribution in [0.5, 0.6) is 5.75 Å². The summed E-state index contributed by atoms with van der Waals surface area (Å²) in [6.45, 7) is 2.86. The van der Waals surface area contributed by atoms with Crippen LogP contribution in [0.1, 0.15) is 31.2 Å². The molecule has 1 fully saturated rings. The van der Waals surface area contributed by atoms with Crippen molar-refractivity contribution >= 4 is 24.0 Å². The van der Waals surface area contributed by atoms with E-state index in [1.165, 1.54) is 25.9 Å². The smallest absolute Gasteiger partial charge is 0.231 e. The lowest BCUT2D eigenvalue weighted by atomic mass is 9.98. The fourth-order valence-corrected chi connectivity index (χ4v) is 4.04. The molecule has 1 aromatic rings. The van der Waals surface area contributed by atoms with Crippen LogP contribution in [0.4, 0.5) is 0 Å². The standard InChI is InChI=1S/C22H26N2O2.ClH/c1-23(20-11-14-26-21-10-3-2-9-19(20)21)22(25)16-17-7-6-8-18(15-17)24-12-4-5-13-24;/h2-3,6-7,9-11,15,18H,4-5,8,12-14,16H2,1H3;1H. The number of ether oxygens (including phenoxy) is 1. The number of hydrogen-bond acceptors (Lipinski definition) is 3. The van der Waals surface area contributed by atoms with Crippen molar-refractivity contribution in [2.45, 2.75) is 31.7 Å². The van der Waals surface area contributed by atoms with Crippen molar-refractivity contribution in [1.82, 2.24) is 9.80 Å². The van der Waals surface area contributed by atoms with E-state index in [1.807, 2.05) is 37.4 Å². The van der Waals surface area contributed by atoms with E-state index in [4.69, 9.17) is 4.74 Å². The number of rotatable bonds is 4. The van der Waals surface area contributed by atoms with Crippen LogP contribution in [-0.4, -0.2) is 48.5 Å². The monoisotopic (exact) mass is 386 g/mol. The van der Waals surface area contributed by atoms with E-state index in [9.17, 15) is 4.79 Å². The molecule has 144 valence electrons. The molecule has 1 saturated heterocycles. The molecule has 0 aromatic heterocycles. The second-order valence-electron chi connectivity index (χ2n) is 7.22. The zero-order chi connectivity index (χ0) is 17.9. The summed E-state index contributed by atoms with van der Waals surface area (Å²) in [5.41, 5.74) is 3.05. The topological polar surface area (TPSA) is 32.8 Å². The van der Waals surface area contributed by atoms with Gasteiger partial charge in [-0.1, -0.05) is 30.4 Å². The number of amides is 1. The van der Waals surface area contributed by atoms with E-state index in [0.29, 0.717) is 19.1 Å². The Balaban J connectivity index is 0.00000210. The molecule has 4 rings (SSSR count). The molecule has 1 aliphatic carbocycles. The number of benzene rings is 1. The number of carbonyl (C=O) groups is 1. The van der Waals surface area contributed by atoms with Crippen LogP contribution in [0.15, 0.2) is 54.1 Å². The highest BCUT2D eigenvalue weighted by atomic mass is 35.5. The summed E-state index contributed by atoms with van der Waals surface area (Å²) in [6.07, 6.45) is 12.7. The predicted molar refractivity (Wildman–Crippen MR) is 111 cm³/mol. The molecular formula is C22H27ClN2O2. The molecule has 1 aromatic carbocycles. The Morgan fingerprint density at radius 1 is 1.26 bits per heavy atom. The van der Waals surface area contributed by atoms with Gasteiger partial charge in [0.2, 0.25) is 5.91 Å². The minimum Gasteiger partial charge on any atom is -0.489 e. The maximum Gasteiger partial charge on any atom is 0.231 e. The highest BCUT2D eigenvalue weighted by Gasteiger charge is 2.24. The number of allylic oxidation sites excluding steroid dienone is 1. The molecule has 1 unspecified atom stereocenters. The molecule has 0 spiro atoms. The third-order valence-corrected chi connectivity index (χ3v) is 5.49. The number of para-hydroxylation sites is 1. The van der Waals surface area contributed by atoms with Gasteiger partial charge in [0.1, 0.15) is 12.4 Å². The zero-order valence-corrected chi connectivity index (χ0v) is 16.6. The van der Waals surface area contributed by atoms with E-state index >= 15 is 0 Å². The third-order valence-electron chi connectivity index (χ3n) is 5.49. The number of halogens is 1. The van der Waals surface area contributed by atoms with Crippen LogP contribution >= 0.6 is 12.4 Å². The Labute approximate surface area is 167 Å². The van der Waals surface area contributed by atoms with Crippen molar-refractivity contribution in [2.75, 3.05) is 26.7 Å². The van der Waals surface area contributed by atoms with Gasteiger partial charge in [0.05, 0.1) is 12.1 Å².